The quantitative estimate of drug-likeness (QED) is 0.769. The number of nitrogens with zero attached hydrogens (tertiary/aromatic N) is 4. The third kappa shape index (κ3) is 4.81. The molecule has 2 aliphatic rings. The van der Waals surface area contributed by atoms with Gasteiger partial charge in [0.05, 0.1) is 13.1 Å². The molecule has 2 fully saturated rings. The Morgan fingerprint density at radius 3 is 2.39 bits per heavy atom. The average Bonchev–Trinajstić information content (AvgIpc) is 2.68. The van der Waals surface area contributed by atoms with Crippen molar-refractivity contribution in [2.45, 2.75) is 46.4 Å². The van der Waals surface area contributed by atoms with Crippen molar-refractivity contribution >= 4 is 17.8 Å². The van der Waals surface area contributed by atoms with Crippen LogP contribution in [-0.4, -0.2) is 76.6 Å². The fourth-order valence-corrected chi connectivity index (χ4v) is 4.33. The van der Waals surface area contributed by atoms with Gasteiger partial charge in [-0.3, -0.25) is 9.59 Å². The van der Waals surface area contributed by atoms with Crippen molar-refractivity contribution in [2.75, 3.05) is 26.7 Å². The summed E-state index contributed by atoms with van der Waals surface area (Å²) < 4.78 is 13.1. The van der Waals surface area contributed by atoms with E-state index in [-0.39, 0.29) is 55.1 Å². The van der Waals surface area contributed by atoms with Crippen LogP contribution in [0.5, 0.6) is 0 Å². The van der Waals surface area contributed by atoms with Crippen LogP contribution >= 0.6 is 0 Å². The zero-order chi connectivity index (χ0) is 22.9. The van der Waals surface area contributed by atoms with Crippen LogP contribution in [-0.2, 0) is 16.1 Å². The Bertz CT molecular complexity index is 829. The van der Waals surface area contributed by atoms with Crippen molar-refractivity contribution in [3.63, 3.8) is 0 Å². The van der Waals surface area contributed by atoms with E-state index in [0.29, 0.717) is 6.54 Å². The molecule has 3 rings (SSSR count). The molecule has 0 unspecified atom stereocenters. The van der Waals surface area contributed by atoms with Gasteiger partial charge in [0, 0.05) is 20.1 Å². The summed E-state index contributed by atoms with van der Waals surface area (Å²) in [5.41, 5.74) is 0.766. The highest BCUT2D eigenvalue weighted by molar-refractivity contribution is 5.91. The van der Waals surface area contributed by atoms with Gasteiger partial charge in [-0.25, -0.2) is 19.2 Å². The number of hydrogen-bond acceptors (Lipinski definition) is 4. The van der Waals surface area contributed by atoms with Crippen LogP contribution in [0.4, 0.5) is 9.18 Å². The maximum absolute atomic E-state index is 13.2. The normalized spacial score (nSPS) is 22.4. The van der Waals surface area contributed by atoms with Crippen molar-refractivity contribution < 1.29 is 18.8 Å². The number of fused-ring (bicyclic) bond motifs is 1. The lowest BCUT2D eigenvalue weighted by atomic mass is 9.95. The molecule has 2 heterocycles. The zero-order valence-corrected chi connectivity index (χ0v) is 18.8. The number of halogens is 1. The zero-order valence-electron chi connectivity index (χ0n) is 18.8. The minimum absolute atomic E-state index is 0.0150. The molecule has 31 heavy (non-hydrogen) atoms. The fourth-order valence-electron chi connectivity index (χ4n) is 4.33. The van der Waals surface area contributed by atoms with E-state index >= 15 is 0 Å². The van der Waals surface area contributed by atoms with Crippen LogP contribution in [0.1, 0.15) is 33.3 Å². The topological polar surface area (TPSA) is 76.2 Å². The number of rotatable bonds is 5. The largest absolute Gasteiger partial charge is 0.337 e. The first-order chi connectivity index (χ1) is 14.6. The van der Waals surface area contributed by atoms with E-state index in [0.717, 1.165) is 5.56 Å². The summed E-state index contributed by atoms with van der Waals surface area (Å²) >= 11 is 0. The van der Waals surface area contributed by atoms with Crippen LogP contribution in [0.2, 0.25) is 0 Å². The molecule has 4 amide bonds. The minimum atomic E-state index is -0.605. The van der Waals surface area contributed by atoms with E-state index < -0.39 is 12.2 Å². The van der Waals surface area contributed by atoms with Gasteiger partial charge in [-0.2, -0.15) is 0 Å². The van der Waals surface area contributed by atoms with Crippen molar-refractivity contribution in [2.24, 2.45) is 11.8 Å². The van der Waals surface area contributed by atoms with Crippen molar-refractivity contribution in [3.8, 4) is 0 Å². The summed E-state index contributed by atoms with van der Waals surface area (Å²) in [7, 11) is 1.69. The molecular formula is C22H32FN5O3. The SMILES string of the molecule is CC(C)CN1C[C@H]2N(C(=O)CN(C)N2C(=O)NCc2ccc(F)cc2)[C@@H](C(C)C)C1=O. The second-order valence-electron chi connectivity index (χ2n) is 9.05. The molecule has 8 nitrogen and oxygen atoms in total. The lowest BCUT2D eigenvalue weighted by molar-refractivity contribution is -0.190. The first-order valence-electron chi connectivity index (χ1n) is 10.7. The second-order valence-corrected chi connectivity index (χ2v) is 9.05. The number of urea groups is 1. The highest BCUT2D eigenvalue weighted by Crippen LogP contribution is 2.29. The van der Waals surface area contributed by atoms with Gasteiger partial charge in [-0.15, -0.1) is 0 Å². The summed E-state index contributed by atoms with van der Waals surface area (Å²) in [6, 6.07) is 4.95. The number of carbonyl (C=O) groups excluding carboxylic acids is 3. The van der Waals surface area contributed by atoms with Gasteiger partial charge >= 0.3 is 6.03 Å². The Hall–Kier alpha value is -2.68. The van der Waals surface area contributed by atoms with E-state index in [1.807, 2.05) is 27.7 Å². The van der Waals surface area contributed by atoms with E-state index in [2.05, 4.69) is 5.32 Å². The van der Waals surface area contributed by atoms with Crippen LogP contribution < -0.4 is 5.32 Å². The smallest absolute Gasteiger partial charge is 0.334 e. The predicted molar refractivity (Wildman–Crippen MR) is 114 cm³/mol. The molecule has 170 valence electrons. The van der Waals surface area contributed by atoms with Crippen molar-refractivity contribution in [1.82, 2.24) is 25.1 Å². The summed E-state index contributed by atoms with van der Waals surface area (Å²) in [6.07, 6.45) is -0.580. The standard InChI is InChI=1S/C22H32FN5O3/c1-14(2)11-26-12-18-27(20(15(3)4)21(26)30)19(29)13-25(5)28(18)22(31)24-10-16-6-8-17(23)9-7-16/h6-9,14-15,18,20H,10-13H2,1-5H3,(H,24,31)/t18-,20-/m0/s1. The molecular weight excluding hydrogens is 401 g/mol. The van der Waals surface area contributed by atoms with Crippen molar-refractivity contribution in [3.05, 3.63) is 35.6 Å². The first-order valence-corrected chi connectivity index (χ1v) is 10.7. The van der Waals surface area contributed by atoms with Crippen molar-refractivity contribution in [1.29, 1.82) is 0 Å². The number of nitrogens with one attached hydrogen (secondary N) is 1. The summed E-state index contributed by atoms with van der Waals surface area (Å²) in [5.74, 6) is -0.379. The average molecular weight is 434 g/mol. The fraction of sp³-hybridized carbons (Fsp3) is 0.591. The molecule has 0 spiro atoms. The highest BCUT2D eigenvalue weighted by Gasteiger charge is 2.51. The molecule has 1 aromatic carbocycles. The molecule has 2 aliphatic heterocycles. The van der Waals surface area contributed by atoms with Gasteiger partial charge < -0.3 is 15.1 Å². The van der Waals surface area contributed by atoms with Gasteiger partial charge in [-0.1, -0.05) is 39.8 Å². The highest BCUT2D eigenvalue weighted by atomic mass is 19.1. The minimum Gasteiger partial charge on any atom is -0.337 e. The van der Waals surface area contributed by atoms with Crippen LogP contribution in [0.15, 0.2) is 24.3 Å². The molecule has 1 aromatic rings. The number of hydrazine groups is 1. The Labute approximate surface area is 182 Å². The maximum atomic E-state index is 13.2. The molecule has 2 saturated heterocycles. The lowest BCUT2D eigenvalue weighted by Gasteiger charge is -2.55. The number of likely N-dealkylation sites (N-methyl/N-ethyl adjacent to an activating group) is 1. The summed E-state index contributed by atoms with van der Waals surface area (Å²) in [6.45, 7) is 8.99. The number of benzene rings is 1. The third-order valence-corrected chi connectivity index (χ3v) is 5.65. The van der Waals surface area contributed by atoms with E-state index in [1.54, 1.807) is 34.0 Å². The molecule has 0 saturated carbocycles. The molecule has 0 radical (unpaired) electrons. The predicted octanol–water partition coefficient (Wildman–Crippen LogP) is 1.88. The van der Waals surface area contributed by atoms with Crippen LogP contribution in [0.25, 0.3) is 0 Å². The Morgan fingerprint density at radius 2 is 1.81 bits per heavy atom. The molecule has 0 aliphatic carbocycles. The monoisotopic (exact) mass is 433 g/mol. The molecule has 0 aromatic heterocycles. The van der Waals surface area contributed by atoms with Gasteiger partial charge in [0.1, 0.15) is 18.0 Å². The number of hydrogen-bond donors (Lipinski definition) is 1. The molecule has 9 heteroatoms. The van der Waals surface area contributed by atoms with Gasteiger partial charge in [0.2, 0.25) is 11.8 Å². The Balaban J connectivity index is 1.85. The molecule has 1 N–H and O–H groups in total. The molecule has 2 atom stereocenters. The van der Waals surface area contributed by atoms with Crippen LogP contribution in [0, 0.1) is 17.7 Å². The Morgan fingerprint density at radius 1 is 1.16 bits per heavy atom. The molecule has 0 bridgehead atoms. The van der Waals surface area contributed by atoms with Gasteiger partial charge in [0.25, 0.3) is 0 Å². The first kappa shape index (κ1) is 23.0. The van der Waals surface area contributed by atoms with Crippen LogP contribution in [0.3, 0.4) is 0 Å². The van der Waals surface area contributed by atoms with Gasteiger partial charge in [0.15, 0.2) is 0 Å². The van der Waals surface area contributed by atoms with E-state index in [4.69, 9.17) is 0 Å². The number of piperazine rings is 1. The second kappa shape index (κ2) is 9.21. The Kier molecular flexibility index (Phi) is 6.83. The van der Waals surface area contributed by atoms with Gasteiger partial charge in [-0.05, 0) is 29.5 Å². The summed E-state index contributed by atoms with van der Waals surface area (Å²) in [4.78, 5) is 42.6. The number of amides is 4. The lowest BCUT2D eigenvalue weighted by Crippen LogP contribution is -2.76. The third-order valence-electron chi connectivity index (χ3n) is 5.65. The summed E-state index contributed by atoms with van der Waals surface area (Å²) in [5, 5.41) is 5.99. The maximum Gasteiger partial charge on any atom is 0.334 e. The van der Waals surface area contributed by atoms with E-state index in [1.165, 1.54) is 17.1 Å². The number of carbonyl (C=O) groups is 3. The van der Waals surface area contributed by atoms with E-state index in [9.17, 15) is 18.8 Å².